The topological polar surface area (TPSA) is 69.0 Å². The molecular weight excluding hydrogens is 407 g/mol. The third-order valence-corrected chi connectivity index (χ3v) is 4.94. The molecule has 1 amide bonds. The van der Waals surface area contributed by atoms with E-state index in [1.54, 1.807) is 23.0 Å². The molecule has 0 atom stereocenters. The Balaban J connectivity index is 1.55. The van der Waals surface area contributed by atoms with Gasteiger partial charge in [0.2, 0.25) is 11.8 Å². The second kappa shape index (κ2) is 9.87. The lowest BCUT2D eigenvalue weighted by atomic mass is 10.1. The number of ether oxygens (including phenoxy) is 1. The SMILES string of the molecule is Cc1nn(-c2ccccc2)c(Oc2cccc(F)c2)c1CCC(=O)NCc1ccccn1. The van der Waals surface area contributed by atoms with Crippen molar-refractivity contribution in [1.82, 2.24) is 20.1 Å². The Morgan fingerprint density at radius 1 is 1.06 bits per heavy atom. The van der Waals surface area contributed by atoms with Crippen LogP contribution in [0.4, 0.5) is 4.39 Å². The van der Waals surface area contributed by atoms with Gasteiger partial charge in [0.05, 0.1) is 23.6 Å². The number of halogens is 1. The number of amides is 1. The van der Waals surface area contributed by atoms with Crippen molar-refractivity contribution in [3.05, 3.63) is 102 Å². The summed E-state index contributed by atoms with van der Waals surface area (Å²) in [7, 11) is 0. The number of carbonyl (C=O) groups excluding carboxylic acids is 1. The molecule has 0 radical (unpaired) electrons. The molecular formula is C25H23FN4O2. The van der Waals surface area contributed by atoms with Gasteiger partial charge < -0.3 is 10.1 Å². The minimum absolute atomic E-state index is 0.0979. The van der Waals surface area contributed by atoms with Gasteiger partial charge in [0.15, 0.2) is 0 Å². The van der Waals surface area contributed by atoms with E-state index in [1.807, 2.05) is 55.5 Å². The van der Waals surface area contributed by atoms with E-state index in [4.69, 9.17) is 4.74 Å². The van der Waals surface area contributed by atoms with Crippen LogP contribution in [0.2, 0.25) is 0 Å². The second-order valence-electron chi connectivity index (χ2n) is 7.27. The number of nitrogens with one attached hydrogen (secondary N) is 1. The van der Waals surface area contributed by atoms with E-state index in [9.17, 15) is 9.18 Å². The van der Waals surface area contributed by atoms with Gasteiger partial charge in [-0.1, -0.05) is 30.3 Å². The molecule has 0 fully saturated rings. The summed E-state index contributed by atoms with van der Waals surface area (Å²) in [5, 5.41) is 7.51. The Labute approximate surface area is 185 Å². The van der Waals surface area contributed by atoms with Crippen LogP contribution < -0.4 is 10.1 Å². The molecule has 0 saturated heterocycles. The van der Waals surface area contributed by atoms with E-state index >= 15 is 0 Å². The summed E-state index contributed by atoms with van der Waals surface area (Å²) in [4.78, 5) is 16.6. The maximum atomic E-state index is 13.7. The lowest BCUT2D eigenvalue weighted by Gasteiger charge is -2.12. The van der Waals surface area contributed by atoms with Crippen LogP contribution in [-0.2, 0) is 17.8 Å². The number of aromatic nitrogens is 3. The molecule has 4 rings (SSSR count). The summed E-state index contributed by atoms with van der Waals surface area (Å²) in [6, 6.07) is 21.1. The molecule has 0 aliphatic rings. The Morgan fingerprint density at radius 2 is 1.88 bits per heavy atom. The van der Waals surface area contributed by atoms with Crippen molar-refractivity contribution in [1.29, 1.82) is 0 Å². The summed E-state index contributed by atoms with van der Waals surface area (Å²) in [5.74, 6) is 0.347. The number of pyridine rings is 1. The van der Waals surface area contributed by atoms with E-state index in [0.29, 0.717) is 24.6 Å². The minimum Gasteiger partial charge on any atom is -0.439 e. The van der Waals surface area contributed by atoms with Crippen LogP contribution in [0.1, 0.15) is 23.4 Å². The standard InChI is InChI=1S/C25H23FN4O2/c1-18-23(13-14-24(31)28-17-20-9-5-6-15-27-20)25(32-22-12-7-8-19(26)16-22)30(29-18)21-10-3-2-4-11-21/h2-12,15-16H,13-14,17H2,1H3,(H,28,31). The van der Waals surface area contributed by atoms with Crippen LogP contribution in [0.25, 0.3) is 5.69 Å². The molecule has 0 unspecified atom stereocenters. The molecule has 0 aliphatic heterocycles. The zero-order valence-corrected chi connectivity index (χ0v) is 17.7. The molecule has 7 heteroatoms. The highest BCUT2D eigenvalue weighted by Crippen LogP contribution is 2.31. The van der Waals surface area contributed by atoms with Crippen LogP contribution >= 0.6 is 0 Å². The van der Waals surface area contributed by atoms with Crippen LogP contribution in [0.3, 0.4) is 0 Å². The van der Waals surface area contributed by atoms with Gasteiger partial charge >= 0.3 is 0 Å². The Bertz CT molecular complexity index is 1190. The maximum absolute atomic E-state index is 13.7. The average Bonchev–Trinajstić information content (AvgIpc) is 3.12. The van der Waals surface area contributed by atoms with Gasteiger partial charge in [0, 0.05) is 24.2 Å². The summed E-state index contributed by atoms with van der Waals surface area (Å²) in [6.45, 7) is 2.24. The Hall–Kier alpha value is -4.00. The zero-order chi connectivity index (χ0) is 22.3. The van der Waals surface area contributed by atoms with Gasteiger partial charge in [-0.2, -0.15) is 5.10 Å². The van der Waals surface area contributed by atoms with Crippen molar-refractivity contribution in [3.8, 4) is 17.3 Å². The van der Waals surface area contributed by atoms with Gasteiger partial charge in [-0.3, -0.25) is 9.78 Å². The van der Waals surface area contributed by atoms with Gasteiger partial charge in [0.25, 0.3) is 0 Å². The fourth-order valence-electron chi connectivity index (χ4n) is 3.34. The van der Waals surface area contributed by atoms with Crippen molar-refractivity contribution >= 4 is 5.91 Å². The molecule has 0 bridgehead atoms. The van der Waals surface area contributed by atoms with Gasteiger partial charge in [-0.15, -0.1) is 0 Å². The number of hydrogen-bond donors (Lipinski definition) is 1. The molecule has 0 spiro atoms. The number of nitrogens with zero attached hydrogens (tertiary/aromatic N) is 3. The number of aryl methyl sites for hydroxylation is 1. The first-order valence-electron chi connectivity index (χ1n) is 10.3. The second-order valence-corrected chi connectivity index (χ2v) is 7.27. The first-order chi connectivity index (χ1) is 15.6. The average molecular weight is 430 g/mol. The maximum Gasteiger partial charge on any atom is 0.226 e. The summed E-state index contributed by atoms with van der Waals surface area (Å²) < 4.78 is 21.5. The molecule has 0 aliphatic carbocycles. The first-order valence-corrected chi connectivity index (χ1v) is 10.3. The predicted molar refractivity (Wildman–Crippen MR) is 119 cm³/mol. The normalized spacial score (nSPS) is 10.7. The van der Waals surface area contributed by atoms with Gasteiger partial charge in [0.1, 0.15) is 11.6 Å². The highest BCUT2D eigenvalue weighted by atomic mass is 19.1. The Morgan fingerprint density at radius 3 is 2.62 bits per heavy atom. The summed E-state index contributed by atoms with van der Waals surface area (Å²) >= 11 is 0. The minimum atomic E-state index is -0.388. The van der Waals surface area contributed by atoms with Crippen molar-refractivity contribution in [2.45, 2.75) is 26.3 Å². The van der Waals surface area contributed by atoms with E-state index in [0.717, 1.165) is 22.6 Å². The molecule has 2 aromatic heterocycles. The first kappa shape index (κ1) is 21.2. The molecule has 6 nitrogen and oxygen atoms in total. The third kappa shape index (κ3) is 5.18. The molecule has 0 saturated carbocycles. The van der Waals surface area contributed by atoms with Crippen molar-refractivity contribution in [2.75, 3.05) is 0 Å². The number of rotatable bonds is 8. The largest absolute Gasteiger partial charge is 0.439 e. The Kier molecular flexibility index (Phi) is 6.55. The van der Waals surface area contributed by atoms with E-state index in [1.165, 1.54) is 12.1 Å². The van der Waals surface area contributed by atoms with Crippen molar-refractivity contribution in [3.63, 3.8) is 0 Å². The highest BCUT2D eigenvalue weighted by molar-refractivity contribution is 5.76. The number of benzene rings is 2. The number of carbonyl (C=O) groups is 1. The predicted octanol–water partition coefficient (Wildman–Crippen LogP) is 4.76. The fourth-order valence-corrected chi connectivity index (χ4v) is 3.34. The molecule has 162 valence electrons. The van der Waals surface area contributed by atoms with E-state index < -0.39 is 0 Å². The molecule has 4 aromatic rings. The van der Waals surface area contributed by atoms with Crippen LogP contribution in [-0.4, -0.2) is 20.7 Å². The lowest BCUT2D eigenvalue weighted by molar-refractivity contribution is -0.121. The van der Waals surface area contributed by atoms with Gasteiger partial charge in [-0.25, -0.2) is 9.07 Å². The zero-order valence-electron chi connectivity index (χ0n) is 17.7. The van der Waals surface area contributed by atoms with Crippen molar-refractivity contribution in [2.24, 2.45) is 0 Å². The molecule has 1 N–H and O–H groups in total. The van der Waals surface area contributed by atoms with Crippen LogP contribution in [0, 0.1) is 12.7 Å². The monoisotopic (exact) mass is 430 g/mol. The summed E-state index contributed by atoms with van der Waals surface area (Å²) in [5.41, 5.74) is 3.15. The quantitative estimate of drug-likeness (QED) is 0.438. The highest BCUT2D eigenvalue weighted by Gasteiger charge is 2.20. The van der Waals surface area contributed by atoms with Crippen LogP contribution in [0.15, 0.2) is 79.0 Å². The number of para-hydroxylation sites is 1. The third-order valence-electron chi connectivity index (χ3n) is 4.94. The molecule has 2 aromatic carbocycles. The smallest absolute Gasteiger partial charge is 0.226 e. The number of hydrogen-bond acceptors (Lipinski definition) is 4. The summed E-state index contributed by atoms with van der Waals surface area (Å²) in [6.07, 6.45) is 2.38. The van der Waals surface area contributed by atoms with Crippen LogP contribution in [0.5, 0.6) is 11.6 Å². The van der Waals surface area contributed by atoms with Crippen molar-refractivity contribution < 1.29 is 13.9 Å². The molecule has 32 heavy (non-hydrogen) atoms. The lowest BCUT2D eigenvalue weighted by Crippen LogP contribution is -2.23. The van der Waals surface area contributed by atoms with Gasteiger partial charge in [-0.05, 0) is 49.7 Å². The van der Waals surface area contributed by atoms with E-state index in [-0.39, 0.29) is 18.1 Å². The van der Waals surface area contributed by atoms with E-state index in [2.05, 4.69) is 15.4 Å². The molecule has 2 heterocycles. The fraction of sp³-hybridized carbons (Fsp3) is 0.160.